The molecule has 124 valence electrons. The van der Waals surface area contributed by atoms with Crippen molar-refractivity contribution in [2.24, 2.45) is 5.92 Å². The van der Waals surface area contributed by atoms with Gasteiger partial charge in [-0.25, -0.2) is 0 Å². The summed E-state index contributed by atoms with van der Waals surface area (Å²) in [5, 5.41) is 10.0. The fraction of sp³-hybridized carbons (Fsp3) is 0.875. The second-order valence-corrected chi connectivity index (χ2v) is 6.93. The average molecular weight is 309 g/mol. The molecule has 6 heteroatoms. The van der Waals surface area contributed by atoms with Crippen LogP contribution in [-0.2, 0) is 9.59 Å². The molecule has 2 saturated heterocycles. The van der Waals surface area contributed by atoms with E-state index >= 15 is 0 Å². The number of hydrogen-bond donors (Lipinski definition) is 1. The van der Waals surface area contributed by atoms with Gasteiger partial charge < -0.3 is 14.9 Å². The minimum atomic E-state index is -0.200. The first kappa shape index (κ1) is 15.7. The lowest BCUT2D eigenvalue weighted by molar-refractivity contribution is -0.145. The first-order valence-corrected chi connectivity index (χ1v) is 8.51. The van der Waals surface area contributed by atoms with Crippen molar-refractivity contribution in [2.75, 3.05) is 39.8 Å². The van der Waals surface area contributed by atoms with Gasteiger partial charge in [-0.3, -0.25) is 14.5 Å². The number of carbonyl (C=O) groups is 2. The number of piperidine rings is 1. The summed E-state index contributed by atoms with van der Waals surface area (Å²) in [5.74, 6) is 0.0951. The molecule has 0 aromatic heterocycles. The lowest BCUT2D eigenvalue weighted by atomic mass is 9.94. The SMILES string of the molecule is CN1CCC(C(=O)N2CCN(C3CCCC3O)CC2)CC1=O. The number of aliphatic hydroxyl groups excluding tert-OH is 1. The third-order valence-electron chi connectivity index (χ3n) is 5.55. The van der Waals surface area contributed by atoms with Gasteiger partial charge in [-0.1, -0.05) is 0 Å². The van der Waals surface area contributed by atoms with E-state index in [1.165, 1.54) is 0 Å². The molecule has 0 aromatic carbocycles. The fourth-order valence-electron chi connectivity index (χ4n) is 4.03. The molecule has 2 aliphatic heterocycles. The van der Waals surface area contributed by atoms with Gasteiger partial charge in [0.25, 0.3) is 0 Å². The quantitative estimate of drug-likeness (QED) is 0.774. The smallest absolute Gasteiger partial charge is 0.226 e. The van der Waals surface area contributed by atoms with Gasteiger partial charge in [-0.2, -0.15) is 0 Å². The second kappa shape index (κ2) is 6.54. The van der Waals surface area contributed by atoms with Crippen LogP contribution in [0.1, 0.15) is 32.1 Å². The van der Waals surface area contributed by atoms with Gasteiger partial charge >= 0.3 is 0 Å². The highest BCUT2D eigenvalue weighted by atomic mass is 16.3. The molecule has 0 bridgehead atoms. The van der Waals surface area contributed by atoms with Crippen molar-refractivity contribution in [3.63, 3.8) is 0 Å². The van der Waals surface area contributed by atoms with Gasteiger partial charge in [-0.05, 0) is 25.7 Å². The number of amides is 2. The van der Waals surface area contributed by atoms with Crippen LogP contribution in [0.3, 0.4) is 0 Å². The van der Waals surface area contributed by atoms with E-state index in [0.717, 1.165) is 51.9 Å². The first-order valence-electron chi connectivity index (χ1n) is 8.51. The van der Waals surface area contributed by atoms with Crippen molar-refractivity contribution in [3.05, 3.63) is 0 Å². The Balaban J connectivity index is 1.50. The number of hydrogen-bond acceptors (Lipinski definition) is 4. The molecule has 2 amide bonds. The molecule has 3 rings (SSSR count). The van der Waals surface area contributed by atoms with Crippen LogP contribution in [0.4, 0.5) is 0 Å². The summed E-state index contributed by atoms with van der Waals surface area (Å²) in [7, 11) is 1.80. The molecule has 2 heterocycles. The maximum Gasteiger partial charge on any atom is 0.226 e. The summed E-state index contributed by atoms with van der Waals surface area (Å²) in [6.45, 7) is 3.82. The number of carbonyl (C=O) groups excluding carboxylic acids is 2. The van der Waals surface area contributed by atoms with E-state index in [9.17, 15) is 14.7 Å². The Kier molecular flexibility index (Phi) is 4.68. The molecular weight excluding hydrogens is 282 g/mol. The number of piperazine rings is 1. The van der Waals surface area contributed by atoms with Crippen LogP contribution < -0.4 is 0 Å². The van der Waals surface area contributed by atoms with Crippen molar-refractivity contribution in [1.29, 1.82) is 0 Å². The Bertz CT molecular complexity index is 434. The third-order valence-corrected chi connectivity index (χ3v) is 5.55. The van der Waals surface area contributed by atoms with Crippen LogP contribution >= 0.6 is 0 Å². The Morgan fingerprint density at radius 3 is 2.41 bits per heavy atom. The lowest BCUT2D eigenvalue weighted by Crippen LogP contribution is -2.55. The van der Waals surface area contributed by atoms with Crippen LogP contribution in [0.5, 0.6) is 0 Å². The molecule has 6 nitrogen and oxygen atoms in total. The van der Waals surface area contributed by atoms with Crippen molar-refractivity contribution >= 4 is 11.8 Å². The van der Waals surface area contributed by atoms with Crippen molar-refractivity contribution in [3.8, 4) is 0 Å². The maximum absolute atomic E-state index is 12.6. The number of nitrogens with zero attached hydrogens (tertiary/aromatic N) is 3. The molecule has 3 atom stereocenters. The van der Waals surface area contributed by atoms with Crippen LogP contribution in [0, 0.1) is 5.92 Å². The predicted octanol–water partition coefficient (Wildman–Crippen LogP) is -0.0876. The highest BCUT2D eigenvalue weighted by Gasteiger charge is 2.36. The Morgan fingerprint density at radius 2 is 1.82 bits per heavy atom. The van der Waals surface area contributed by atoms with Gasteiger partial charge in [0.15, 0.2) is 0 Å². The standard InChI is InChI=1S/C16H27N3O3/c1-17-6-5-12(11-15(17)21)16(22)19-9-7-18(8-10-19)13-3-2-4-14(13)20/h12-14,20H,2-11H2,1H3. The van der Waals surface area contributed by atoms with E-state index in [1.807, 2.05) is 4.90 Å². The van der Waals surface area contributed by atoms with Crippen LogP contribution in [0.25, 0.3) is 0 Å². The molecule has 3 aliphatic rings. The van der Waals surface area contributed by atoms with E-state index in [1.54, 1.807) is 11.9 Å². The largest absolute Gasteiger partial charge is 0.391 e. The number of rotatable bonds is 2. The Labute approximate surface area is 132 Å². The van der Waals surface area contributed by atoms with Gasteiger partial charge in [0, 0.05) is 58.2 Å². The summed E-state index contributed by atoms with van der Waals surface area (Å²) in [5.41, 5.74) is 0. The van der Waals surface area contributed by atoms with Gasteiger partial charge in [0.05, 0.1) is 6.10 Å². The van der Waals surface area contributed by atoms with Crippen LogP contribution in [0.15, 0.2) is 0 Å². The first-order chi connectivity index (χ1) is 10.6. The van der Waals surface area contributed by atoms with Crippen molar-refractivity contribution in [2.45, 2.75) is 44.2 Å². The summed E-state index contributed by atoms with van der Waals surface area (Å²) in [6, 6.07) is 0.280. The van der Waals surface area contributed by atoms with E-state index in [-0.39, 0.29) is 29.9 Å². The maximum atomic E-state index is 12.6. The highest BCUT2D eigenvalue weighted by Crippen LogP contribution is 2.26. The molecule has 1 saturated carbocycles. The van der Waals surface area contributed by atoms with Gasteiger partial charge in [0.2, 0.25) is 11.8 Å². The minimum absolute atomic E-state index is 0.0808. The van der Waals surface area contributed by atoms with E-state index in [4.69, 9.17) is 0 Å². The van der Waals surface area contributed by atoms with Gasteiger partial charge in [0.1, 0.15) is 0 Å². The molecular formula is C16H27N3O3. The summed E-state index contributed by atoms with van der Waals surface area (Å²) >= 11 is 0. The fourth-order valence-corrected chi connectivity index (χ4v) is 4.03. The molecule has 3 fully saturated rings. The lowest BCUT2D eigenvalue weighted by Gasteiger charge is -2.40. The molecule has 0 spiro atoms. The van der Waals surface area contributed by atoms with Crippen molar-refractivity contribution < 1.29 is 14.7 Å². The molecule has 1 aliphatic carbocycles. The molecule has 22 heavy (non-hydrogen) atoms. The average Bonchev–Trinajstić information content (AvgIpc) is 2.95. The summed E-state index contributed by atoms with van der Waals surface area (Å²) in [4.78, 5) is 30.3. The van der Waals surface area contributed by atoms with Crippen molar-refractivity contribution in [1.82, 2.24) is 14.7 Å². The molecule has 3 unspecified atom stereocenters. The molecule has 0 radical (unpaired) electrons. The molecule has 0 aromatic rings. The van der Waals surface area contributed by atoms with E-state index in [2.05, 4.69) is 4.90 Å². The van der Waals surface area contributed by atoms with Gasteiger partial charge in [-0.15, -0.1) is 0 Å². The number of likely N-dealkylation sites (tertiary alicyclic amines) is 1. The van der Waals surface area contributed by atoms with E-state index < -0.39 is 0 Å². The van der Waals surface area contributed by atoms with Crippen LogP contribution in [-0.4, -0.2) is 83.5 Å². The zero-order valence-corrected chi connectivity index (χ0v) is 13.4. The minimum Gasteiger partial charge on any atom is -0.391 e. The normalized spacial score (nSPS) is 34.3. The Morgan fingerprint density at radius 1 is 1.09 bits per heavy atom. The zero-order chi connectivity index (χ0) is 15.7. The highest BCUT2D eigenvalue weighted by molar-refractivity contribution is 5.87. The predicted molar refractivity (Wildman–Crippen MR) is 82.2 cm³/mol. The summed E-state index contributed by atoms with van der Waals surface area (Å²) in [6.07, 6.45) is 4.01. The monoisotopic (exact) mass is 309 g/mol. The number of aliphatic hydroxyl groups is 1. The Hall–Kier alpha value is -1.14. The zero-order valence-electron chi connectivity index (χ0n) is 13.4. The molecule has 1 N–H and O–H groups in total. The second-order valence-electron chi connectivity index (χ2n) is 6.93. The van der Waals surface area contributed by atoms with E-state index in [0.29, 0.717) is 13.0 Å². The third kappa shape index (κ3) is 3.13. The van der Waals surface area contributed by atoms with Crippen LogP contribution in [0.2, 0.25) is 0 Å². The topological polar surface area (TPSA) is 64.1 Å². The summed E-state index contributed by atoms with van der Waals surface area (Å²) < 4.78 is 0.